The zero-order valence-corrected chi connectivity index (χ0v) is 12.3. The van der Waals surface area contributed by atoms with Gasteiger partial charge in [0, 0.05) is 30.8 Å². The minimum absolute atomic E-state index is 0.233. The van der Waals surface area contributed by atoms with Crippen LogP contribution in [-0.2, 0) is 4.74 Å². The van der Waals surface area contributed by atoms with Crippen molar-refractivity contribution in [1.82, 2.24) is 10.2 Å². The van der Waals surface area contributed by atoms with Crippen LogP contribution in [0.5, 0.6) is 0 Å². The first-order valence-corrected chi connectivity index (χ1v) is 6.95. The van der Waals surface area contributed by atoms with Gasteiger partial charge in [0.15, 0.2) is 0 Å². The minimum Gasteiger partial charge on any atom is -0.381 e. The lowest BCUT2D eigenvalue weighted by molar-refractivity contribution is 0.0298. The van der Waals surface area contributed by atoms with Gasteiger partial charge in [0.2, 0.25) is 0 Å². The summed E-state index contributed by atoms with van der Waals surface area (Å²) < 4.78 is 5.42. The molecule has 0 radical (unpaired) electrons. The van der Waals surface area contributed by atoms with Gasteiger partial charge >= 0.3 is 0 Å². The Morgan fingerprint density at radius 2 is 1.88 bits per heavy atom. The average molecular weight is 242 g/mol. The molecule has 102 valence electrons. The fourth-order valence-corrected chi connectivity index (χ4v) is 2.31. The summed E-state index contributed by atoms with van der Waals surface area (Å²) >= 11 is 0. The fourth-order valence-electron chi connectivity index (χ4n) is 2.31. The van der Waals surface area contributed by atoms with Gasteiger partial charge in [-0.3, -0.25) is 0 Å². The molecule has 0 aliphatic carbocycles. The lowest BCUT2D eigenvalue weighted by Crippen LogP contribution is -2.44. The number of hydrogen-bond acceptors (Lipinski definition) is 3. The van der Waals surface area contributed by atoms with Crippen molar-refractivity contribution in [2.75, 3.05) is 26.8 Å². The van der Waals surface area contributed by atoms with Crippen LogP contribution in [0, 0.1) is 0 Å². The molecule has 17 heavy (non-hydrogen) atoms. The van der Waals surface area contributed by atoms with Crippen molar-refractivity contribution in [1.29, 1.82) is 0 Å². The number of ether oxygens (including phenoxy) is 1. The van der Waals surface area contributed by atoms with Gasteiger partial charge in [-0.1, -0.05) is 0 Å². The van der Waals surface area contributed by atoms with Gasteiger partial charge in [0.1, 0.15) is 0 Å². The zero-order chi connectivity index (χ0) is 12.9. The maximum atomic E-state index is 5.42. The summed E-state index contributed by atoms with van der Waals surface area (Å²) in [4.78, 5) is 2.53. The predicted molar refractivity (Wildman–Crippen MR) is 73.4 cm³/mol. The van der Waals surface area contributed by atoms with E-state index in [2.05, 4.69) is 45.0 Å². The lowest BCUT2D eigenvalue weighted by atomic mass is 10.0. The van der Waals surface area contributed by atoms with Gasteiger partial charge in [0.25, 0.3) is 0 Å². The van der Waals surface area contributed by atoms with Crippen LogP contribution < -0.4 is 5.32 Å². The monoisotopic (exact) mass is 242 g/mol. The van der Waals surface area contributed by atoms with Crippen LogP contribution in [0.4, 0.5) is 0 Å². The Bertz CT molecular complexity index is 207. The molecule has 0 bridgehead atoms. The maximum absolute atomic E-state index is 5.42. The summed E-state index contributed by atoms with van der Waals surface area (Å²) in [7, 11) is 2.26. The molecule has 1 heterocycles. The second-order valence-corrected chi connectivity index (χ2v) is 6.32. The summed E-state index contributed by atoms with van der Waals surface area (Å²) in [6, 6.07) is 1.36. The molecule has 1 unspecified atom stereocenters. The lowest BCUT2D eigenvalue weighted by Gasteiger charge is -2.36. The molecule has 0 aromatic heterocycles. The highest BCUT2D eigenvalue weighted by atomic mass is 16.5. The first-order valence-electron chi connectivity index (χ1n) is 6.95. The Labute approximate surface area is 107 Å². The average Bonchev–Trinajstić information content (AvgIpc) is 2.27. The molecule has 1 rings (SSSR count). The molecule has 3 heteroatoms. The van der Waals surface area contributed by atoms with Gasteiger partial charge in [0.05, 0.1) is 0 Å². The van der Waals surface area contributed by atoms with E-state index in [0.717, 1.165) is 19.8 Å². The Hall–Kier alpha value is -0.120. The van der Waals surface area contributed by atoms with Gasteiger partial charge in [-0.25, -0.2) is 0 Å². The van der Waals surface area contributed by atoms with Crippen LogP contribution in [0.15, 0.2) is 0 Å². The zero-order valence-electron chi connectivity index (χ0n) is 12.3. The normalized spacial score (nSPS) is 20.8. The second-order valence-electron chi connectivity index (χ2n) is 6.32. The molecule has 1 aliphatic heterocycles. The summed E-state index contributed by atoms with van der Waals surface area (Å²) in [5.74, 6) is 0. The highest BCUT2D eigenvalue weighted by Crippen LogP contribution is 2.16. The number of rotatable bonds is 5. The van der Waals surface area contributed by atoms with E-state index in [1.807, 2.05) is 0 Å². The Morgan fingerprint density at radius 1 is 1.29 bits per heavy atom. The Morgan fingerprint density at radius 3 is 2.41 bits per heavy atom. The van der Waals surface area contributed by atoms with Crippen LogP contribution in [0.25, 0.3) is 0 Å². The van der Waals surface area contributed by atoms with Crippen molar-refractivity contribution >= 4 is 0 Å². The van der Waals surface area contributed by atoms with Crippen molar-refractivity contribution in [2.24, 2.45) is 0 Å². The van der Waals surface area contributed by atoms with E-state index in [1.54, 1.807) is 0 Å². The standard InChI is InChI=1S/C14H30N2O/c1-12(6-9-15-14(2,3)4)16(5)13-7-10-17-11-8-13/h12-13,15H,6-11H2,1-5H3. The van der Waals surface area contributed by atoms with E-state index in [-0.39, 0.29) is 5.54 Å². The summed E-state index contributed by atoms with van der Waals surface area (Å²) in [6.45, 7) is 12.0. The second kappa shape index (κ2) is 6.72. The smallest absolute Gasteiger partial charge is 0.0480 e. The molecule has 1 saturated heterocycles. The molecule has 0 aromatic rings. The van der Waals surface area contributed by atoms with Crippen LogP contribution in [-0.4, -0.2) is 49.3 Å². The highest BCUT2D eigenvalue weighted by Gasteiger charge is 2.22. The maximum Gasteiger partial charge on any atom is 0.0480 e. The third-order valence-electron chi connectivity index (χ3n) is 3.68. The van der Waals surface area contributed by atoms with Crippen LogP contribution in [0.2, 0.25) is 0 Å². The van der Waals surface area contributed by atoms with Crippen molar-refractivity contribution in [3.05, 3.63) is 0 Å². The van der Waals surface area contributed by atoms with Crippen LogP contribution in [0.3, 0.4) is 0 Å². The van der Waals surface area contributed by atoms with Crippen LogP contribution in [0.1, 0.15) is 47.0 Å². The number of nitrogens with zero attached hydrogens (tertiary/aromatic N) is 1. The molecule has 1 N–H and O–H groups in total. The quantitative estimate of drug-likeness (QED) is 0.800. The third kappa shape index (κ3) is 5.84. The molecule has 1 fully saturated rings. The summed E-state index contributed by atoms with van der Waals surface area (Å²) in [5, 5.41) is 3.56. The van der Waals surface area contributed by atoms with Crippen molar-refractivity contribution in [2.45, 2.75) is 64.6 Å². The first kappa shape index (κ1) is 14.9. The van der Waals surface area contributed by atoms with Gasteiger partial charge < -0.3 is 15.0 Å². The van der Waals surface area contributed by atoms with E-state index in [9.17, 15) is 0 Å². The van der Waals surface area contributed by atoms with E-state index < -0.39 is 0 Å². The molecule has 1 atom stereocenters. The van der Waals surface area contributed by atoms with Crippen molar-refractivity contribution in [3.63, 3.8) is 0 Å². The van der Waals surface area contributed by atoms with Gasteiger partial charge in [-0.2, -0.15) is 0 Å². The van der Waals surface area contributed by atoms with Crippen molar-refractivity contribution in [3.8, 4) is 0 Å². The van der Waals surface area contributed by atoms with E-state index >= 15 is 0 Å². The van der Waals surface area contributed by atoms with Crippen molar-refractivity contribution < 1.29 is 4.74 Å². The van der Waals surface area contributed by atoms with Gasteiger partial charge in [-0.15, -0.1) is 0 Å². The fraction of sp³-hybridized carbons (Fsp3) is 1.00. The van der Waals surface area contributed by atoms with E-state index in [0.29, 0.717) is 12.1 Å². The Balaban J connectivity index is 2.23. The number of nitrogens with one attached hydrogen (secondary N) is 1. The predicted octanol–water partition coefficient (Wildman–Crippen LogP) is 2.26. The molecule has 3 nitrogen and oxygen atoms in total. The van der Waals surface area contributed by atoms with E-state index in [1.165, 1.54) is 19.3 Å². The molecular weight excluding hydrogens is 212 g/mol. The van der Waals surface area contributed by atoms with Crippen LogP contribution >= 0.6 is 0 Å². The summed E-state index contributed by atoms with van der Waals surface area (Å²) in [5.41, 5.74) is 0.233. The SMILES string of the molecule is CC(CCNC(C)(C)C)N(C)C1CCOCC1. The van der Waals surface area contributed by atoms with Gasteiger partial charge in [-0.05, 0) is 60.5 Å². The minimum atomic E-state index is 0.233. The first-order chi connectivity index (χ1) is 7.90. The van der Waals surface area contributed by atoms with E-state index in [4.69, 9.17) is 4.74 Å². The third-order valence-corrected chi connectivity index (χ3v) is 3.68. The molecule has 0 spiro atoms. The molecule has 0 saturated carbocycles. The topological polar surface area (TPSA) is 24.5 Å². The highest BCUT2D eigenvalue weighted by molar-refractivity contribution is 4.78. The molecule has 0 aromatic carbocycles. The molecular formula is C14H30N2O. The molecule has 0 amide bonds. The molecule has 1 aliphatic rings. The number of hydrogen-bond donors (Lipinski definition) is 1. The largest absolute Gasteiger partial charge is 0.381 e. The Kier molecular flexibility index (Phi) is 5.90. The summed E-state index contributed by atoms with van der Waals surface area (Å²) in [6.07, 6.45) is 3.59.